The third-order valence-electron chi connectivity index (χ3n) is 3.81. The molecule has 8 heteroatoms. The summed E-state index contributed by atoms with van der Waals surface area (Å²) in [5.41, 5.74) is -0.280. The van der Waals surface area contributed by atoms with Gasteiger partial charge in [0.25, 0.3) is 5.91 Å². The molecule has 1 fully saturated rings. The first-order chi connectivity index (χ1) is 11.2. The highest BCUT2D eigenvalue weighted by molar-refractivity contribution is 9.10. The first-order valence-corrected chi connectivity index (χ1v) is 8.59. The van der Waals surface area contributed by atoms with Crippen molar-refractivity contribution in [3.05, 3.63) is 22.6 Å². The summed E-state index contributed by atoms with van der Waals surface area (Å²) in [4.78, 5) is 37.6. The molecule has 7 nitrogen and oxygen atoms in total. The summed E-state index contributed by atoms with van der Waals surface area (Å²) in [6.07, 6.45) is 0.232. The molecule has 132 valence electrons. The molecule has 1 aromatic rings. The summed E-state index contributed by atoms with van der Waals surface area (Å²) in [6.45, 7) is 6.87. The van der Waals surface area contributed by atoms with E-state index in [1.54, 1.807) is 17.0 Å². The average Bonchev–Trinajstić information content (AvgIpc) is 3.08. The fourth-order valence-electron chi connectivity index (χ4n) is 2.56. The van der Waals surface area contributed by atoms with Crippen molar-refractivity contribution in [2.75, 3.05) is 19.6 Å². The van der Waals surface area contributed by atoms with Gasteiger partial charge in [-0.15, -0.1) is 0 Å². The quantitative estimate of drug-likeness (QED) is 0.734. The zero-order valence-corrected chi connectivity index (χ0v) is 15.6. The number of carbonyl (C=O) groups is 3. The molecular formula is C16H22BrN3O4. The molecular weight excluding hydrogens is 378 g/mol. The molecule has 0 saturated carbocycles. The predicted molar refractivity (Wildman–Crippen MR) is 91.3 cm³/mol. The average molecular weight is 400 g/mol. The molecule has 0 bridgehead atoms. The van der Waals surface area contributed by atoms with Gasteiger partial charge < -0.3 is 20.0 Å². The SMILES string of the molecule is CC(C)(C)N1CC(C(=O)NCCNC(=O)c2ccc(Br)o2)CC1=O. The van der Waals surface area contributed by atoms with Crippen molar-refractivity contribution in [2.24, 2.45) is 5.92 Å². The number of halogens is 1. The van der Waals surface area contributed by atoms with Crippen molar-refractivity contribution in [2.45, 2.75) is 32.7 Å². The molecule has 1 aliphatic rings. The molecule has 2 heterocycles. The molecule has 1 saturated heterocycles. The lowest BCUT2D eigenvalue weighted by atomic mass is 10.1. The standard InChI is InChI=1S/C16H22BrN3O4/c1-16(2,3)20-9-10(8-13(20)21)14(22)18-6-7-19-15(23)11-4-5-12(17)24-11/h4-5,10H,6-9H2,1-3H3,(H,18,22)(H,19,23). The lowest BCUT2D eigenvalue weighted by Crippen LogP contribution is -2.43. The molecule has 24 heavy (non-hydrogen) atoms. The van der Waals surface area contributed by atoms with E-state index in [0.29, 0.717) is 17.8 Å². The van der Waals surface area contributed by atoms with E-state index in [9.17, 15) is 14.4 Å². The fraction of sp³-hybridized carbons (Fsp3) is 0.562. The number of nitrogens with zero attached hydrogens (tertiary/aromatic N) is 1. The topological polar surface area (TPSA) is 91.7 Å². The maximum Gasteiger partial charge on any atom is 0.287 e. The highest BCUT2D eigenvalue weighted by Crippen LogP contribution is 2.25. The number of rotatable bonds is 5. The van der Waals surface area contributed by atoms with Crippen molar-refractivity contribution in [3.63, 3.8) is 0 Å². The molecule has 1 unspecified atom stereocenters. The van der Waals surface area contributed by atoms with E-state index < -0.39 is 0 Å². The minimum atomic E-state index is -0.343. The van der Waals surface area contributed by atoms with Crippen molar-refractivity contribution < 1.29 is 18.8 Å². The van der Waals surface area contributed by atoms with Crippen molar-refractivity contribution >= 4 is 33.7 Å². The number of hydrogen-bond acceptors (Lipinski definition) is 4. The second kappa shape index (κ2) is 7.38. The molecule has 0 aromatic carbocycles. The van der Waals surface area contributed by atoms with E-state index in [4.69, 9.17) is 4.42 Å². The lowest BCUT2D eigenvalue weighted by molar-refractivity contribution is -0.132. The van der Waals surface area contributed by atoms with Gasteiger partial charge in [-0.25, -0.2) is 0 Å². The first kappa shape index (κ1) is 18.5. The van der Waals surface area contributed by atoms with Crippen LogP contribution in [0.2, 0.25) is 0 Å². The number of hydrogen-bond donors (Lipinski definition) is 2. The van der Waals surface area contributed by atoms with Gasteiger partial charge in [0.15, 0.2) is 10.4 Å². The Hall–Kier alpha value is -1.83. The van der Waals surface area contributed by atoms with E-state index in [2.05, 4.69) is 26.6 Å². The molecule has 1 aliphatic heterocycles. The van der Waals surface area contributed by atoms with Crippen LogP contribution in [-0.4, -0.2) is 47.8 Å². The fourth-order valence-corrected chi connectivity index (χ4v) is 2.87. The summed E-state index contributed by atoms with van der Waals surface area (Å²) in [5.74, 6) is -0.641. The monoisotopic (exact) mass is 399 g/mol. The van der Waals surface area contributed by atoms with Crippen molar-refractivity contribution in [1.82, 2.24) is 15.5 Å². The molecule has 3 amide bonds. The minimum Gasteiger partial charge on any atom is -0.444 e. The Morgan fingerprint density at radius 1 is 1.29 bits per heavy atom. The van der Waals surface area contributed by atoms with E-state index in [-0.39, 0.29) is 47.9 Å². The van der Waals surface area contributed by atoms with Crippen LogP contribution in [0.4, 0.5) is 0 Å². The molecule has 0 aliphatic carbocycles. The first-order valence-electron chi connectivity index (χ1n) is 7.80. The summed E-state index contributed by atoms with van der Waals surface area (Å²) in [7, 11) is 0. The van der Waals surface area contributed by atoms with Gasteiger partial charge in [0, 0.05) is 31.6 Å². The second-order valence-corrected chi connectivity index (χ2v) is 7.51. The Kier molecular flexibility index (Phi) is 5.69. The number of likely N-dealkylation sites (tertiary alicyclic amines) is 1. The molecule has 1 aromatic heterocycles. The van der Waals surface area contributed by atoms with Crippen LogP contribution in [0.3, 0.4) is 0 Å². The third-order valence-corrected chi connectivity index (χ3v) is 4.24. The number of nitrogens with one attached hydrogen (secondary N) is 2. The molecule has 0 spiro atoms. The predicted octanol–water partition coefficient (Wildman–Crippen LogP) is 1.54. The summed E-state index contributed by atoms with van der Waals surface area (Å²) < 4.78 is 5.62. The van der Waals surface area contributed by atoms with Crippen molar-refractivity contribution in [3.8, 4) is 0 Å². The van der Waals surface area contributed by atoms with Crippen LogP contribution >= 0.6 is 15.9 Å². The van der Waals surface area contributed by atoms with Crippen LogP contribution in [0.5, 0.6) is 0 Å². The number of furan rings is 1. The van der Waals surface area contributed by atoms with E-state index in [1.165, 1.54) is 0 Å². The summed E-state index contributed by atoms with van der Waals surface area (Å²) in [5, 5.41) is 5.41. The zero-order chi connectivity index (χ0) is 17.9. The van der Waals surface area contributed by atoms with Gasteiger partial charge in [-0.05, 0) is 48.8 Å². The van der Waals surface area contributed by atoms with Crippen LogP contribution in [0.15, 0.2) is 21.2 Å². The van der Waals surface area contributed by atoms with E-state index in [1.807, 2.05) is 20.8 Å². The Balaban J connectivity index is 1.72. The Labute approximate surface area is 149 Å². The van der Waals surface area contributed by atoms with Crippen LogP contribution < -0.4 is 10.6 Å². The zero-order valence-electron chi connectivity index (χ0n) is 14.0. The molecule has 1 atom stereocenters. The summed E-state index contributed by atoms with van der Waals surface area (Å²) in [6, 6.07) is 3.19. The number of carbonyl (C=O) groups excluding carboxylic acids is 3. The van der Waals surface area contributed by atoms with Crippen LogP contribution in [0.25, 0.3) is 0 Å². The lowest BCUT2D eigenvalue weighted by Gasteiger charge is -2.31. The van der Waals surface area contributed by atoms with E-state index in [0.717, 1.165) is 0 Å². The smallest absolute Gasteiger partial charge is 0.287 e. The van der Waals surface area contributed by atoms with Gasteiger partial charge in [0.2, 0.25) is 11.8 Å². The Morgan fingerprint density at radius 2 is 1.96 bits per heavy atom. The maximum absolute atomic E-state index is 12.2. The van der Waals surface area contributed by atoms with Crippen LogP contribution in [-0.2, 0) is 9.59 Å². The van der Waals surface area contributed by atoms with Gasteiger partial charge in [-0.1, -0.05) is 0 Å². The van der Waals surface area contributed by atoms with Crippen LogP contribution in [0.1, 0.15) is 37.7 Å². The highest BCUT2D eigenvalue weighted by atomic mass is 79.9. The van der Waals surface area contributed by atoms with Gasteiger partial charge in [0.1, 0.15) is 0 Å². The normalized spacial score (nSPS) is 17.9. The van der Waals surface area contributed by atoms with Gasteiger partial charge in [-0.2, -0.15) is 0 Å². The molecule has 0 radical (unpaired) electrons. The van der Waals surface area contributed by atoms with E-state index >= 15 is 0 Å². The Bertz CT molecular complexity index is 636. The molecule has 2 rings (SSSR count). The van der Waals surface area contributed by atoms with Crippen molar-refractivity contribution in [1.29, 1.82) is 0 Å². The Morgan fingerprint density at radius 3 is 2.50 bits per heavy atom. The maximum atomic E-state index is 12.2. The third kappa shape index (κ3) is 4.59. The minimum absolute atomic E-state index is 0.000603. The van der Waals surface area contributed by atoms with Gasteiger partial charge in [-0.3, -0.25) is 14.4 Å². The number of amides is 3. The van der Waals surface area contributed by atoms with Gasteiger partial charge in [0.05, 0.1) is 5.92 Å². The van der Waals surface area contributed by atoms with Gasteiger partial charge >= 0.3 is 0 Å². The summed E-state index contributed by atoms with van der Waals surface area (Å²) >= 11 is 3.13. The van der Waals surface area contributed by atoms with Crippen LogP contribution in [0, 0.1) is 5.92 Å². The second-order valence-electron chi connectivity index (χ2n) is 6.73. The highest BCUT2D eigenvalue weighted by Gasteiger charge is 2.39. The molecule has 2 N–H and O–H groups in total. The largest absolute Gasteiger partial charge is 0.444 e.